The van der Waals surface area contributed by atoms with Gasteiger partial charge >= 0.3 is 0 Å². The molecule has 0 radical (unpaired) electrons. The Morgan fingerprint density at radius 2 is 2.15 bits per heavy atom. The SMILES string of the molecule is O=C1CC2OCC=C3C(O)N4CC[C@]56c7ccccc7N1C5[C@H]2[C@H]3C[C@H]46. The molecule has 26 heavy (non-hydrogen) atoms. The molecule has 1 amide bonds. The summed E-state index contributed by atoms with van der Waals surface area (Å²) in [6.45, 7) is 1.42. The Labute approximate surface area is 152 Å². The highest BCUT2D eigenvalue weighted by Crippen LogP contribution is 2.66. The molecule has 5 heterocycles. The topological polar surface area (TPSA) is 53.0 Å². The van der Waals surface area contributed by atoms with Crippen molar-refractivity contribution >= 4 is 11.6 Å². The smallest absolute Gasteiger partial charge is 0.229 e. The van der Waals surface area contributed by atoms with Crippen molar-refractivity contribution in [2.75, 3.05) is 18.1 Å². The van der Waals surface area contributed by atoms with Gasteiger partial charge in [0.1, 0.15) is 6.23 Å². The first-order valence-electron chi connectivity index (χ1n) is 9.89. The monoisotopic (exact) mass is 350 g/mol. The summed E-state index contributed by atoms with van der Waals surface area (Å²) >= 11 is 0. The fourth-order valence-electron chi connectivity index (χ4n) is 7.57. The number of para-hydroxylation sites is 1. The number of anilines is 1. The van der Waals surface area contributed by atoms with Crippen molar-refractivity contribution in [2.24, 2.45) is 11.8 Å². The molecule has 7 rings (SSSR count). The molecule has 0 aromatic heterocycles. The zero-order chi connectivity index (χ0) is 17.2. The Kier molecular flexibility index (Phi) is 2.44. The number of aliphatic hydroxyl groups is 1. The van der Waals surface area contributed by atoms with Crippen molar-refractivity contribution in [1.82, 2.24) is 4.90 Å². The first-order valence-corrected chi connectivity index (χ1v) is 9.89. The molecule has 1 saturated carbocycles. The van der Waals surface area contributed by atoms with Crippen LogP contribution in [0.5, 0.6) is 0 Å². The van der Waals surface area contributed by atoms with Crippen LogP contribution >= 0.6 is 0 Å². The molecule has 4 fully saturated rings. The Balaban J connectivity index is 1.55. The fourth-order valence-corrected chi connectivity index (χ4v) is 7.57. The molecule has 1 aromatic rings. The summed E-state index contributed by atoms with van der Waals surface area (Å²) in [5.41, 5.74) is 3.54. The molecule has 1 spiro atoms. The van der Waals surface area contributed by atoms with Gasteiger partial charge in [0.05, 0.1) is 25.2 Å². The van der Waals surface area contributed by atoms with Crippen LogP contribution in [0.4, 0.5) is 5.69 Å². The summed E-state index contributed by atoms with van der Waals surface area (Å²) in [6, 6.07) is 9.00. The average Bonchev–Trinajstić information content (AvgIpc) is 3.12. The van der Waals surface area contributed by atoms with E-state index in [1.54, 1.807) is 0 Å². The highest BCUT2D eigenvalue weighted by atomic mass is 16.5. The fraction of sp³-hybridized carbons (Fsp3) is 0.571. The molecule has 5 heteroatoms. The van der Waals surface area contributed by atoms with Crippen LogP contribution in [0.1, 0.15) is 24.8 Å². The van der Waals surface area contributed by atoms with Gasteiger partial charge in [0.25, 0.3) is 0 Å². The third kappa shape index (κ3) is 1.33. The van der Waals surface area contributed by atoms with Crippen LogP contribution in [0.25, 0.3) is 0 Å². The van der Waals surface area contributed by atoms with Crippen LogP contribution in [-0.2, 0) is 14.9 Å². The van der Waals surface area contributed by atoms with Crippen molar-refractivity contribution in [2.45, 2.75) is 49.1 Å². The number of benzene rings is 1. The number of amides is 1. The minimum absolute atomic E-state index is 0.0195. The first-order chi connectivity index (χ1) is 12.7. The number of rotatable bonds is 0. The minimum atomic E-state index is -0.486. The van der Waals surface area contributed by atoms with Gasteiger partial charge in [0.2, 0.25) is 5.91 Å². The number of hydrogen-bond acceptors (Lipinski definition) is 4. The molecular weight excluding hydrogens is 328 g/mol. The van der Waals surface area contributed by atoms with E-state index in [-0.39, 0.29) is 23.5 Å². The van der Waals surface area contributed by atoms with Gasteiger partial charge in [-0.05, 0) is 36.0 Å². The van der Waals surface area contributed by atoms with Crippen LogP contribution in [-0.4, -0.2) is 53.5 Å². The molecule has 7 atom stereocenters. The quantitative estimate of drug-likeness (QED) is 0.719. The van der Waals surface area contributed by atoms with Gasteiger partial charge < -0.3 is 14.7 Å². The maximum atomic E-state index is 13.2. The summed E-state index contributed by atoms with van der Waals surface area (Å²) in [4.78, 5) is 17.6. The molecule has 1 N–H and O–H groups in total. The molecule has 2 bridgehead atoms. The Bertz CT molecular complexity index is 882. The van der Waals surface area contributed by atoms with Crippen LogP contribution < -0.4 is 4.90 Å². The number of carbonyl (C=O) groups is 1. The Hall–Kier alpha value is -1.69. The average molecular weight is 350 g/mol. The normalized spacial score (nSPS) is 47.5. The largest absolute Gasteiger partial charge is 0.374 e. The molecule has 1 aliphatic carbocycles. The number of hydrogen-bond donors (Lipinski definition) is 1. The van der Waals surface area contributed by atoms with Crippen molar-refractivity contribution in [3.8, 4) is 0 Å². The third-order valence-corrected chi connectivity index (χ3v) is 8.30. The summed E-state index contributed by atoms with van der Waals surface area (Å²) < 4.78 is 6.19. The maximum Gasteiger partial charge on any atom is 0.229 e. The van der Waals surface area contributed by atoms with Crippen LogP contribution in [0.15, 0.2) is 35.9 Å². The summed E-state index contributed by atoms with van der Waals surface area (Å²) in [7, 11) is 0. The van der Waals surface area contributed by atoms with E-state index in [1.807, 2.05) is 0 Å². The van der Waals surface area contributed by atoms with Gasteiger partial charge in [-0.1, -0.05) is 24.3 Å². The molecule has 5 aliphatic heterocycles. The van der Waals surface area contributed by atoms with E-state index in [9.17, 15) is 9.90 Å². The third-order valence-electron chi connectivity index (χ3n) is 8.30. The number of ether oxygens (including phenoxy) is 1. The predicted molar refractivity (Wildman–Crippen MR) is 94.5 cm³/mol. The van der Waals surface area contributed by atoms with E-state index >= 15 is 0 Å². The van der Waals surface area contributed by atoms with E-state index in [1.165, 1.54) is 5.56 Å². The molecule has 1 aromatic carbocycles. The molecule has 6 aliphatic rings. The maximum absolute atomic E-state index is 13.2. The van der Waals surface area contributed by atoms with E-state index in [2.05, 4.69) is 40.1 Å². The molecule has 3 unspecified atom stereocenters. The first kappa shape index (κ1) is 14.4. The van der Waals surface area contributed by atoms with Gasteiger partial charge in [-0.15, -0.1) is 0 Å². The van der Waals surface area contributed by atoms with Crippen LogP contribution in [0, 0.1) is 11.8 Å². The van der Waals surface area contributed by atoms with E-state index in [0.717, 1.165) is 30.6 Å². The lowest BCUT2D eigenvalue weighted by Crippen LogP contribution is -2.70. The predicted octanol–water partition coefficient (Wildman–Crippen LogP) is 1.41. The number of nitrogens with zero attached hydrogens (tertiary/aromatic N) is 2. The van der Waals surface area contributed by atoms with Crippen molar-refractivity contribution < 1.29 is 14.6 Å². The molecular formula is C21H22N2O3. The molecule has 134 valence electrons. The van der Waals surface area contributed by atoms with Gasteiger partial charge in [0, 0.05) is 29.6 Å². The Morgan fingerprint density at radius 3 is 3.08 bits per heavy atom. The highest BCUT2D eigenvalue weighted by Gasteiger charge is 2.72. The summed E-state index contributed by atoms with van der Waals surface area (Å²) in [5, 5.41) is 11.1. The van der Waals surface area contributed by atoms with E-state index < -0.39 is 6.23 Å². The number of piperidine rings is 2. The standard InChI is InChI=1S/C21H22N2O3/c24-17-10-15-18-12-9-16-21(6-7-22(16)20(25)11(12)5-8-26-15)13-3-1-2-4-14(13)23(17)19(18)21/h1-5,12,15-16,18-20,25H,6-10H2/t12-,15?,16-,18-,19?,20?,21+/m0/s1. The van der Waals surface area contributed by atoms with Crippen molar-refractivity contribution in [1.29, 1.82) is 0 Å². The van der Waals surface area contributed by atoms with Crippen LogP contribution in [0.2, 0.25) is 0 Å². The van der Waals surface area contributed by atoms with Gasteiger partial charge in [-0.3, -0.25) is 9.69 Å². The number of fused-ring (bicyclic) bond motifs is 2. The minimum Gasteiger partial charge on any atom is -0.374 e. The number of aliphatic hydroxyl groups excluding tert-OH is 1. The van der Waals surface area contributed by atoms with Gasteiger partial charge in [0.15, 0.2) is 0 Å². The van der Waals surface area contributed by atoms with Crippen molar-refractivity contribution in [3.63, 3.8) is 0 Å². The van der Waals surface area contributed by atoms with Crippen molar-refractivity contribution in [3.05, 3.63) is 41.5 Å². The summed E-state index contributed by atoms with van der Waals surface area (Å²) in [6.07, 6.45) is 4.16. The van der Waals surface area contributed by atoms with Gasteiger partial charge in [-0.2, -0.15) is 0 Å². The summed E-state index contributed by atoms with van der Waals surface area (Å²) in [5.74, 6) is 0.836. The Morgan fingerprint density at radius 1 is 1.27 bits per heavy atom. The lowest BCUT2D eigenvalue weighted by Gasteiger charge is -2.59. The lowest BCUT2D eigenvalue weighted by molar-refractivity contribution is -0.135. The second kappa shape index (κ2) is 4.41. The lowest BCUT2D eigenvalue weighted by atomic mass is 9.53. The second-order valence-electron chi connectivity index (χ2n) is 8.84. The zero-order valence-electron chi connectivity index (χ0n) is 14.5. The van der Waals surface area contributed by atoms with Crippen LogP contribution in [0.3, 0.4) is 0 Å². The second-order valence-corrected chi connectivity index (χ2v) is 8.84. The zero-order valence-corrected chi connectivity index (χ0v) is 14.5. The number of carbonyl (C=O) groups excluding carboxylic acids is 1. The van der Waals surface area contributed by atoms with Gasteiger partial charge in [-0.25, -0.2) is 0 Å². The molecule has 5 nitrogen and oxygen atoms in total. The van der Waals surface area contributed by atoms with E-state index in [0.29, 0.717) is 30.9 Å². The molecule has 3 saturated heterocycles. The highest BCUT2D eigenvalue weighted by molar-refractivity contribution is 5.99. The van der Waals surface area contributed by atoms with E-state index in [4.69, 9.17) is 4.74 Å².